The van der Waals surface area contributed by atoms with E-state index in [2.05, 4.69) is 11.7 Å². The highest BCUT2D eigenvalue weighted by atomic mass is 15.3. The van der Waals surface area contributed by atoms with Gasteiger partial charge in [-0.3, -0.25) is 0 Å². The van der Waals surface area contributed by atoms with Gasteiger partial charge >= 0.3 is 0 Å². The fraction of sp³-hybridized carbons (Fsp3) is 0. The molecular weight excluding hydrogens is 102 g/mol. The van der Waals surface area contributed by atoms with Gasteiger partial charge in [0.15, 0.2) is 0 Å². The van der Waals surface area contributed by atoms with Gasteiger partial charge in [0.05, 0.1) is 0 Å². The second-order valence-corrected chi connectivity index (χ2v) is 1.40. The number of nitrogens with two attached hydrogens (primary N) is 1. The summed E-state index contributed by atoms with van der Waals surface area (Å²) in [5, 5.41) is 3.81. The summed E-state index contributed by atoms with van der Waals surface area (Å²) in [6.07, 6.45) is 3.32. The molecule has 1 heterocycles. The molecule has 0 radical (unpaired) electrons. The standard InChI is InChI=1S/C5H7N3/c1-2-8-4-3-5(6)7-8/h2-4H,1H2,(H2,6,7). The van der Waals surface area contributed by atoms with Crippen molar-refractivity contribution < 1.29 is 0 Å². The van der Waals surface area contributed by atoms with E-state index >= 15 is 0 Å². The molecular formula is C5H7N3. The van der Waals surface area contributed by atoms with E-state index in [-0.39, 0.29) is 0 Å². The molecule has 8 heavy (non-hydrogen) atoms. The van der Waals surface area contributed by atoms with Gasteiger partial charge in [-0.15, -0.1) is 0 Å². The number of aromatic nitrogens is 2. The first kappa shape index (κ1) is 4.90. The van der Waals surface area contributed by atoms with E-state index in [1.807, 2.05) is 0 Å². The van der Waals surface area contributed by atoms with Crippen LogP contribution in [-0.4, -0.2) is 9.78 Å². The third-order valence-corrected chi connectivity index (χ3v) is 0.816. The zero-order valence-electron chi connectivity index (χ0n) is 4.41. The second kappa shape index (κ2) is 1.69. The Balaban J connectivity index is 3.00. The van der Waals surface area contributed by atoms with E-state index < -0.39 is 0 Å². The Kier molecular flexibility index (Phi) is 1.04. The number of nitrogen functional groups attached to an aromatic ring is 1. The largest absolute Gasteiger partial charge is 0.382 e. The summed E-state index contributed by atoms with van der Waals surface area (Å²) in [6, 6.07) is 1.71. The van der Waals surface area contributed by atoms with Crippen molar-refractivity contribution in [2.24, 2.45) is 0 Å². The van der Waals surface area contributed by atoms with Crippen LogP contribution in [0.4, 0.5) is 5.82 Å². The first-order valence-corrected chi connectivity index (χ1v) is 2.26. The first-order chi connectivity index (χ1) is 3.83. The molecule has 0 unspecified atom stereocenters. The predicted molar refractivity (Wildman–Crippen MR) is 33.0 cm³/mol. The fourth-order valence-corrected chi connectivity index (χ4v) is 0.454. The van der Waals surface area contributed by atoms with E-state index in [1.165, 1.54) is 0 Å². The van der Waals surface area contributed by atoms with Gasteiger partial charge in [0.25, 0.3) is 0 Å². The van der Waals surface area contributed by atoms with Crippen molar-refractivity contribution in [2.45, 2.75) is 0 Å². The number of anilines is 1. The van der Waals surface area contributed by atoms with Gasteiger partial charge < -0.3 is 5.73 Å². The lowest BCUT2D eigenvalue weighted by Crippen LogP contribution is -1.88. The Morgan fingerprint density at radius 3 is 2.88 bits per heavy atom. The van der Waals surface area contributed by atoms with Crippen LogP contribution in [0.5, 0.6) is 0 Å². The van der Waals surface area contributed by atoms with Gasteiger partial charge in [-0.1, -0.05) is 6.58 Å². The molecule has 0 spiro atoms. The van der Waals surface area contributed by atoms with Crippen molar-refractivity contribution in [2.75, 3.05) is 5.73 Å². The highest BCUT2D eigenvalue weighted by molar-refractivity contribution is 5.28. The first-order valence-electron chi connectivity index (χ1n) is 2.26. The van der Waals surface area contributed by atoms with Crippen LogP contribution in [0.1, 0.15) is 0 Å². The molecule has 0 amide bonds. The van der Waals surface area contributed by atoms with Gasteiger partial charge in [-0.05, 0) is 0 Å². The van der Waals surface area contributed by atoms with Crippen molar-refractivity contribution in [1.82, 2.24) is 9.78 Å². The maximum absolute atomic E-state index is 5.27. The molecule has 0 aliphatic carbocycles. The molecule has 42 valence electrons. The smallest absolute Gasteiger partial charge is 0.145 e. The monoisotopic (exact) mass is 109 g/mol. The van der Waals surface area contributed by atoms with Crippen molar-refractivity contribution >= 4 is 12.0 Å². The van der Waals surface area contributed by atoms with Crippen molar-refractivity contribution in [1.29, 1.82) is 0 Å². The average molecular weight is 109 g/mol. The molecule has 0 atom stereocenters. The van der Waals surface area contributed by atoms with Crippen LogP contribution in [-0.2, 0) is 0 Å². The lowest BCUT2D eigenvalue weighted by atomic mass is 10.7. The van der Waals surface area contributed by atoms with E-state index in [4.69, 9.17) is 5.73 Å². The molecule has 1 aromatic heterocycles. The molecule has 0 bridgehead atoms. The highest BCUT2D eigenvalue weighted by Crippen LogP contribution is 1.93. The molecule has 1 rings (SSSR count). The summed E-state index contributed by atoms with van der Waals surface area (Å²) in [5.41, 5.74) is 5.27. The minimum atomic E-state index is 0.518. The van der Waals surface area contributed by atoms with Crippen LogP contribution in [0.2, 0.25) is 0 Å². The summed E-state index contributed by atoms with van der Waals surface area (Å²) in [7, 11) is 0. The van der Waals surface area contributed by atoms with E-state index in [0.717, 1.165) is 0 Å². The van der Waals surface area contributed by atoms with Crippen LogP contribution in [0.3, 0.4) is 0 Å². The summed E-state index contributed by atoms with van der Waals surface area (Å²) in [4.78, 5) is 0. The van der Waals surface area contributed by atoms with Crippen LogP contribution in [0.15, 0.2) is 18.8 Å². The quantitative estimate of drug-likeness (QED) is 0.572. The Morgan fingerprint density at radius 2 is 2.62 bits per heavy atom. The van der Waals surface area contributed by atoms with Gasteiger partial charge in [-0.2, -0.15) is 5.10 Å². The summed E-state index contributed by atoms with van der Waals surface area (Å²) < 4.78 is 1.55. The lowest BCUT2D eigenvalue weighted by Gasteiger charge is -1.82. The van der Waals surface area contributed by atoms with Gasteiger partial charge in [0.2, 0.25) is 0 Å². The Morgan fingerprint density at radius 1 is 1.88 bits per heavy atom. The molecule has 0 saturated carbocycles. The maximum atomic E-state index is 5.27. The SMILES string of the molecule is C=Cn1ccc(N)n1. The Bertz CT molecular complexity index is 189. The van der Waals surface area contributed by atoms with E-state index in [1.54, 1.807) is 23.1 Å². The molecule has 3 heteroatoms. The molecule has 0 aromatic carbocycles. The summed E-state index contributed by atoms with van der Waals surface area (Å²) in [5.74, 6) is 0.518. The highest BCUT2D eigenvalue weighted by Gasteiger charge is 1.84. The number of hydrogen-bond donors (Lipinski definition) is 1. The normalized spacial score (nSPS) is 9.00. The van der Waals surface area contributed by atoms with Crippen LogP contribution >= 0.6 is 0 Å². The third kappa shape index (κ3) is 0.703. The van der Waals surface area contributed by atoms with Gasteiger partial charge in [0, 0.05) is 18.5 Å². The van der Waals surface area contributed by atoms with Crippen LogP contribution in [0, 0.1) is 0 Å². The second-order valence-electron chi connectivity index (χ2n) is 1.40. The van der Waals surface area contributed by atoms with Crippen molar-refractivity contribution in [3.63, 3.8) is 0 Å². The van der Waals surface area contributed by atoms with E-state index in [0.29, 0.717) is 5.82 Å². The Hall–Kier alpha value is -1.25. The zero-order chi connectivity index (χ0) is 5.98. The number of nitrogens with zero attached hydrogens (tertiary/aromatic N) is 2. The van der Waals surface area contributed by atoms with Gasteiger partial charge in [-0.25, -0.2) is 4.68 Å². The molecule has 3 nitrogen and oxygen atoms in total. The fourth-order valence-electron chi connectivity index (χ4n) is 0.454. The minimum Gasteiger partial charge on any atom is -0.382 e. The summed E-state index contributed by atoms with van der Waals surface area (Å²) in [6.45, 7) is 3.49. The molecule has 0 aliphatic rings. The molecule has 1 aromatic rings. The molecule has 0 saturated heterocycles. The topological polar surface area (TPSA) is 43.8 Å². The Labute approximate surface area is 47.4 Å². The molecule has 0 fully saturated rings. The van der Waals surface area contributed by atoms with Crippen LogP contribution in [0.25, 0.3) is 6.20 Å². The zero-order valence-corrected chi connectivity index (χ0v) is 4.41. The van der Waals surface area contributed by atoms with Gasteiger partial charge in [0.1, 0.15) is 5.82 Å². The number of rotatable bonds is 1. The number of hydrogen-bond acceptors (Lipinski definition) is 2. The van der Waals surface area contributed by atoms with Crippen molar-refractivity contribution in [3.8, 4) is 0 Å². The van der Waals surface area contributed by atoms with E-state index in [9.17, 15) is 0 Å². The lowest BCUT2D eigenvalue weighted by molar-refractivity contribution is 0.943. The average Bonchev–Trinajstić information content (AvgIpc) is 2.14. The third-order valence-electron chi connectivity index (χ3n) is 0.816. The van der Waals surface area contributed by atoms with Crippen LogP contribution < -0.4 is 5.73 Å². The van der Waals surface area contributed by atoms with Crippen molar-refractivity contribution in [3.05, 3.63) is 18.8 Å². The summed E-state index contributed by atoms with van der Waals surface area (Å²) >= 11 is 0. The minimum absolute atomic E-state index is 0.518. The molecule has 0 aliphatic heterocycles. The predicted octanol–water partition coefficient (Wildman–Crippen LogP) is 0.566. The molecule has 2 N–H and O–H groups in total. The maximum Gasteiger partial charge on any atom is 0.145 e.